The maximum atomic E-state index is 13.1. The van der Waals surface area contributed by atoms with Crippen molar-refractivity contribution in [2.24, 2.45) is 0 Å². The summed E-state index contributed by atoms with van der Waals surface area (Å²) in [6, 6.07) is 4.85. The van der Waals surface area contributed by atoms with Gasteiger partial charge in [0, 0.05) is 5.56 Å². The van der Waals surface area contributed by atoms with E-state index in [1.165, 1.54) is 24.3 Å². The third-order valence-corrected chi connectivity index (χ3v) is 4.89. The molecule has 1 aromatic carbocycles. The number of nitrogens with one attached hydrogen (secondary N) is 1. The molecule has 1 amide bonds. The summed E-state index contributed by atoms with van der Waals surface area (Å²) in [6.45, 7) is 7.57. The van der Waals surface area contributed by atoms with Crippen molar-refractivity contribution in [3.05, 3.63) is 35.6 Å². The maximum Gasteiger partial charge on any atom is 0.251 e. The van der Waals surface area contributed by atoms with Crippen LogP contribution < -0.4 is 5.32 Å². The predicted molar refractivity (Wildman–Crippen MR) is 91.3 cm³/mol. The van der Waals surface area contributed by atoms with Crippen molar-refractivity contribution in [3.63, 3.8) is 0 Å². The van der Waals surface area contributed by atoms with Crippen LogP contribution in [-0.4, -0.2) is 54.7 Å². The molecule has 148 valence electrons. The lowest BCUT2D eigenvalue weighted by molar-refractivity contribution is -0.223. The van der Waals surface area contributed by atoms with Crippen molar-refractivity contribution in [1.29, 1.82) is 0 Å². The van der Waals surface area contributed by atoms with Crippen LogP contribution in [0.3, 0.4) is 0 Å². The molecule has 5 atom stereocenters. The fourth-order valence-corrected chi connectivity index (χ4v) is 3.73. The van der Waals surface area contributed by atoms with E-state index in [0.717, 1.165) is 0 Å². The van der Waals surface area contributed by atoms with Crippen LogP contribution in [0.4, 0.5) is 4.39 Å². The standard InChI is InChI=1S/C19H24FNO6/c1-18(2)23-9-12(25-18)14-13(15-17(24-14)27-19(3,4)26-15)21-16(22)10-5-7-11(20)8-6-10/h5-8,12-15,17H,9H2,1-4H3,(H,21,22)/t12-,13-,14-,15-,17-/m1/s1. The molecular weight excluding hydrogens is 357 g/mol. The van der Waals surface area contributed by atoms with Crippen molar-refractivity contribution in [3.8, 4) is 0 Å². The molecule has 0 saturated carbocycles. The Kier molecular flexibility index (Phi) is 4.51. The van der Waals surface area contributed by atoms with E-state index in [0.29, 0.717) is 12.2 Å². The SMILES string of the molecule is CC1(C)O[C@H]2O[C@H]([C@H]3COC(C)(C)O3)[C@@H](NC(=O)c3ccc(F)cc3)[C@H]2O1. The van der Waals surface area contributed by atoms with E-state index in [-0.39, 0.29) is 12.0 Å². The second-order valence-corrected chi connectivity index (χ2v) is 7.94. The molecule has 3 saturated heterocycles. The lowest BCUT2D eigenvalue weighted by atomic mass is 10.0. The maximum absolute atomic E-state index is 13.1. The molecule has 0 aliphatic carbocycles. The Morgan fingerprint density at radius 1 is 1.04 bits per heavy atom. The van der Waals surface area contributed by atoms with Gasteiger partial charge in [0.1, 0.15) is 24.1 Å². The van der Waals surface area contributed by atoms with E-state index in [1.807, 2.05) is 13.8 Å². The van der Waals surface area contributed by atoms with E-state index in [4.69, 9.17) is 23.7 Å². The highest BCUT2D eigenvalue weighted by molar-refractivity contribution is 5.94. The normalized spacial score (nSPS) is 36.6. The van der Waals surface area contributed by atoms with Crippen molar-refractivity contribution < 1.29 is 32.9 Å². The average Bonchev–Trinajstić information content (AvgIpc) is 3.18. The highest BCUT2D eigenvalue weighted by atomic mass is 19.1. The monoisotopic (exact) mass is 381 g/mol. The van der Waals surface area contributed by atoms with Crippen molar-refractivity contribution in [2.75, 3.05) is 6.61 Å². The summed E-state index contributed by atoms with van der Waals surface area (Å²) in [4.78, 5) is 12.7. The van der Waals surface area contributed by atoms with Crippen LogP contribution in [0, 0.1) is 5.82 Å². The first-order valence-electron chi connectivity index (χ1n) is 9.03. The first kappa shape index (κ1) is 18.8. The molecule has 0 aromatic heterocycles. The van der Waals surface area contributed by atoms with E-state index in [2.05, 4.69) is 5.32 Å². The van der Waals surface area contributed by atoms with Gasteiger partial charge in [-0.25, -0.2) is 4.39 Å². The molecule has 0 radical (unpaired) electrons. The third-order valence-electron chi connectivity index (χ3n) is 4.89. The summed E-state index contributed by atoms with van der Waals surface area (Å²) >= 11 is 0. The number of halogens is 1. The summed E-state index contributed by atoms with van der Waals surface area (Å²) < 4.78 is 42.5. The molecule has 3 aliphatic heterocycles. The molecule has 3 heterocycles. The molecule has 4 rings (SSSR count). The fraction of sp³-hybridized carbons (Fsp3) is 0.632. The molecular formula is C19H24FNO6. The minimum Gasteiger partial charge on any atom is -0.348 e. The second kappa shape index (κ2) is 6.49. The largest absolute Gasteiger partial charge is 0.348 e. The summed E-state index contributed by atoms with van der Waals surface area (Å²) in [5.41, 5.74) is 0.348. The minimum atomic E-state index is -0.814. The zero-order chi connectivity index (χ0) is 19.4. The zero-order valence-corrected chi connectivity index (χ0v) is 15.7. The minimum absolute atomic E-state index is 0.337. The number of hydrogen-bond acceptors (Lipinski definition) is 6. The van der Waals surface area contributed by atoms with Crippen molar-refractivity contribution in [2.45, 2.75) is 69.9 Å². The van der Waals surface area contributed by atoms with Gasteiger partial charge in [-0.3, -0.25) is 4.79 Å². The van der Waals surface area contributed by atoms with Gasteiger partial charge in [-0.2, -0.15) is 0 Å². The molecule has 0 unspecified atom stereocenters. The number of ether oxygens (including phenoxy) is 5. The van der Waals surface area contributed by atoms with Gasteiger partial charge in [0.15, 0.2) is 17.9 Å². The number of rotatable bonds is 3. The number of hydrogen-bond donors (Lipinski definition) is 1. The van der Waals surface area contributed by atoms with Gasteiger partial charge < -0.3 is 29.0 Å². The Morgan fingerprint density at radius 3 is 2.37 bits per heavy atom. The summed E-state index contributed by atoms with van der Waals surface area (Å²) in [5.74, 6) is -2.29. The van der Waals surface area contributed by atoms with E-state index < -0.39 is 41.9 Å². The topological polar surface area (TPSA) is 75.3 Å². The lowest BCUT2D eigenvalue weighted by Gasteiger charge is -2.29. The van der Waals surface area contributed by atoms with E-state index in [9.17, 15) is 9.18 Å². The number of carbonyl (C=O) groups excluding carboxylic acids is 1. The van der Waals surface area contributed by atoms with Gasteiger partial charge in [-0.05, 0) is 52.0 Å². The highest BCUT2D eigenvalue weighted by Gasteiger charge is 2.58. The number of benzene rings is 1. The first-order chi connectivity index (χ1) is 12.6. The smallest absolute Gasteiger partial charge is 0.251 e. The van der Waals surface area contributed by atoms with Crippen LogP contribution >= 0.6 is 0 Å². The summed E-state index contributed by atoms with van der Waals surface area (Å²) in [5, 5.41) is 2.95. The van der Waals surface area contributed by atoms with Crippen molar-refractivity contribution >= 4 is 5.91 Å². The molecule has 1 N–H and O–H groups in total. The Morgan fingerprint density at radius 2 is 1.74 bits per heavy atom. The summed E-state index contributed by atoms with van der Waals surface area (Å²) in [6.07, 6.45) is -1.97. The molecule has 3 fully saturated rings. The van der Waals surface area contributed by atoms with Gasteiger partial charge in [-0.15, -0.1) is 0 Å². The molecule has 3 aliphatic rings. The zero-order valence-electron chi connectivity index (χ0n) is 15.7. The van der Waals surface area contributed by atoms with Crippen LogP contribution in [-0.2, 0) is 23.7 Å². The van der Waals surface area contributed by atoms with Crippen LogP contribution in [0.25, 0.3) is 0 Å². The molecule has 1 aromatic rings. The molecule has 0 spiro atoms. The van der Waals surface area contributed by atoms with Crippen LogP contribution in [0.5, 0.6) is 0 Å². The van der Waals surface area contributed by atoms with Gasteiger partial charge in [-0.1, -0.05) is 0 Å². The Balaban J connectivity index is 1.55. The second-order valence-electron chi connectivity index (χ2n) is 7.94. The molecule has 0 bridgehead atoms. The van der Waals surface area contributed by atoms with Gasteiger partial charge in [0.2, 0.25) is 0 Å². The average molecular weight is 381 g/mol. The van der Waals surface area contributed by atoms with Gasteiger partial charge in [0.05, 0.1) is 12.6 Å². The highest BCUT2D eigenvalue weighted by Crippen LogP contribution is 2.40. The summed E-state index contributed by atoms with van der Waals surface area (Å²) in [7, 11) is 0. The quantitative estimate of drug-likeness (QED) is 0.863. The van der Waals surface area contributed by atoms with Gasteiger partial charge >= 0.3 is 0 Å². The number of amides is 1. The lowest BCUT2D eigenvalue weighted by Crippen LogP contribution is -2.52. The van der Waals surface area contributed by atoms with E-state index >= 15 is 0 Å². The van der Waals surface area contributed by atoms with E-state index in [1.54, 1.807) is 13.8 Å². The molecule has 7 nitrogen and oxygen atoms in total. The van der Waals surface area contributed by atoms with Crippen LogP contribution in [0.1, 0.15) is 38.1 Å². The van der Waals surface area contributed by atoms with Crippen LogP contribution in [0.2, 0.25) is 0 Å². The van der Waals surface area contributed by atoms with Crippen LogP contribution in [0.15, 0.2) is 24.3 Å². The van der Waals surface area contributed by atoms with Gasteiger partial charge in [0.25, 0.3) is 5.91 Å². The fourth-order valence-electron chi connectivity index (χ4n) is 3.73. The van der Waals surface area contributed by atoms with Crippen molar-refractivity contribution in [1.82, 2.24) is 5.32 Å². The Labute approximate surface area is 157 Å². The third kappa shape index (κ3) is 3.72. The number of fused-ring (bicyclic) bond motifs is 1. The molecule has 27 heavy (non-hydrogen) atoms. The number of carbonyl (C=O) groups is 1. The predicted octanol–water partition coefficient (Wildman–Crippen LogP) is 1.95. The first-order valence-corrected chi connectivity index (χ1v) is 9.03. The molecule has 8 heteroatoms. The Bertz CT molecular complexity index is 721. The Hall–Kier alpha value is -1.58.